The zero-order valence-electron chi connectivity index (χ0n) is 8.63. The van der Waals surface area contributed by atoms with Crippen molar-refractivity contribution < 1.29 is 9.53 Å². The summed E-state index contributed by atoms with van der Waals surface area (Å²) >= 11 is 0. The van der Waals surface area contributed by atoms with Crippen LogP contribution in [0, 0.1) is 5.92 Å². The quantitative estimate of drug-likeness (QED) is 0.638. The van der Waals surface area contributed by atoms with Crippen LogP contribution >= 0.6 is 0 Å². The van der Waals surface area contributed by atoms with E-state index in [1.54, 1.807) is 12.0 Å². The van der Waals surface area contributed by atoms with E-state index in [1.165, 1.54) is 0 Å². The fourth-order valence-electron chi connectivity index (χ4n) is 0.977. The monoisotopic (exact) mass is 173 g/mol. The summed E-state index contributed by atoms with van der Waals surface area (Å²) in [7, 11) is 3.45. The first-order valence-electron chi connectivity index (χ1n) is 4.26. The van der Waals surface area contributed by atoms with E-state index in [2.05, 4.69) is 0 Å². The first kappa shape index (κ1) is 11.4. The van der Waals surface area contributed by atoms with Crippen molar-refractivity contribution >= 4 is 5.91 Å². The summed E-state index contributed by atoms with van der Waals surface area (Å²) in [5.74, 6) is 0.230. The van der Waals surface area contributed by atoms with Crippen molar-refractivity contribution in [2.24, 2.45) is 5.92 Å². The van der Waals surface area contributed by atoms with E-state index < -0.39 is 0 Å². The molecule has 0 heterocycles. The third kappa shape index (κ3) is 3.22. The molecule has 3 heteroatoms. The van der Waals surface area contributed by atoms with Crippen LogP contribution in [0.4, 0.5) is 0 Å². The van der Waals surface area contributed by atoms with Gasteiger partial charge in [0.15, 0.2) is 0 Å². The van der Waals surface area contributed by atoms with Crippen molar-refractivity contribution in [3.8, 4) is 0 Å². The molecule has 1 unspecified atom stereocenters. The summed E-state index contributed by atoms with van der Waals surface area (Å²) in [6, 6.07) is 0.157. The van der Waals surface area contributed by atoms with Crippen molar-refractivity contribution in [1.29, 1.82) is 0 Å². The van der Waals surface area contributed by atoms with Gasteiger partial charge in [0, 0.05) is 20.1 Å². The minimum absolute atomic E-state index is 0.0642. The topological polar surface area (TPSA) is 29.5 Å². The third-order valence-electron chi connectivity index (χ3n) is 1.91. The number of carbonyl (C=O) groups excluding carboxylic acids is 1. The molecule has 0 bridgehead atoms. The van der Waals surface area contributed by atoms with E-state index in [-0.39, 0.29) is 17.9 Å². The van der Waals surface area contributed by atoms with Crippen LogP contribution in [-0.2, 0) is 9.53 Å². The molecule has 0 saturated heterocycles. The Morgan fingerprint density at radius 2 is 1.92 bits per heavy atom. The SMILES string of the molecule is COCC(C)N(C)C(=O)C(C)C. The molecule has 12 heavy (non-hydrogen) atoms. The van der Waals surface area contributed by atoms with Crippen LogP contribution in [0.25, 0.3) is 0 Å². The minimum Gasteiger partial charge on any atom is -0.383 e. The van der Waals surface area contributed by atoms with Gasteiger partial charge in [-0.05, 0) is 6.92 Å². The molecule has 1 amide bonds. The first-order chi connectivity index (χ1) is 5.50. The van der Waals surface area contributed by atoms with E-state index in [0.717, 1.165) is 0 Å². The fourth-order valence-corrected chi connectivity index (χ4v) is 0.977. The molecule has 0 aliphatic carbocycles. The summed E-state index contributed by atoms with van der Waals surface area (Å²) in [5, 5.41) is 0. The van der Waals surface area contributed by atoms with E-state index >= 15 is 0 Å². The first-order valence-corrected chi connectivity index (χ1v) is 4.26. The molecule has 0 N–H and O–H groups in total. The highest BCUT2D eigenvalue weighted by Gasteiger charge is 2.17. The molecule has 0 radical (unpaired) electrons. The predicted octanol–water partition coefficient (Wildman–Crippen LogP) is 1.14. The average Bonchev–Trinajstić information content (AvgIpc) is 2.02. The van der Waals surface area contributed by atoms with Crippen LogP contribution < -0.4 is 0 Å². The Balaban J connectivity index is 4.00. The molecule has 0 aliphatic heterocycles. The zero-order valence-corrected chi connectivity index (χ0v) is 8.63. The van der Waals surface area contributed by atoms with Gasteiger partial charge in [-0.3, -0.25) is 4.79 Å². The lowest BCUT2D eigenvalue weighted by Gasteiger charge is -2.25. The van der Waals surface area contributed by atoms with E-state index in [4.69, 9.17) is 4.74 Å². The fraction of sp³-hybridized carbons (Fsp3) is 0.889. The molecular formula is C9H19NO2. The number of methoxy groups -OCH3 is 1. The van der Waals surface area contributed by atoms with Gasteiger partial charge in [-0.25, -0.2) is 0 Å². The van der Waals surface area contributed by atoms with E-state index in [1.807, 2.05) is 27.8 Å². The maximum Gasteiger partial charge on any atom is 0.225 e. The number of hydrogen-bond donors (Lipinski definition) is 0. The largest absolute Gasteiger partial charge is 0.383 e. The number of amides is 1. The van der Waals surface area contributed by atoms with Crippen LogP contribution in [0.15, 0.2) is 0 Å². The summed E-state index contributed by atoms with van der Waals surface area (Å²) in [6.45, 7) is 6.37. The lowest BCUT2D eigenvalue weighted by molar-refractivity contribution is -0.135. The second-order valence-electron chi connectivity index (χ2n) is 3.41. The Morgan fingerprint density at radius 1 is 1.42 bits per heavy atom. The molecule has 1 atom stereocenters. The van der Waals surface area contributed by atoms with Crippen LogP contribution in [-0.4, -0.2) is 37.6 Å². The molecule has 0 aromatic heterocycles. The third-order valence-corrected chi connectivity index (χ3v) is 1.91. The second-order valence-corrected chi connectivity index (χ2v) is 3.41. The number of rotatable bonds is 4. The van der Waals surface area contributed by atoms with Crippen molar-refractivity contribution in [2.75, 3.05) is 20.8 Å². The molecule has 0 spiro atoms. The summed E-state index contributed by atoms with van der Waals surface area (Å²) < 4.78 is 4.96. The maximum absolute atomic E-state index is 11.4. The van der Waals surface area contributed by atoms with Gasteiger partial charge in [-0.2, -0.15) is 0 Å². The van der Waals surface area contributed by atoms with Crippen molar-refractivity contribution in [3.63, 3.8) is 0 Å². The van der Waals surface area contributed by atoms with Gasteiger partial charge in [-0.15, -0.1) is 0 Å². The standard InChI is InChI=1S/C9H19NO2/c1-7(2)9(11)10(4)8(3)6-12-5/h7-8H,6H2,1-5H3. The van der Waals surface area contributed by atoms with Crippen LogP contribution in [0.2, 0.25) is 0 Å². The molecular weight excluding hydrogens is 154 g/mol. The van der Waals surface area contributed by atoms with Gasteiger partial charge in [0.05, 0.1) is 12.6 Å². The van der Waals surface area contributed by atoms with Crippen LogP contribution in [0.5, 0.6) is 0 Å². The van der Waals surface area contributed by atoms with E-state index in [9.17, 15) is 4.79 Å². The summed E-state index contributed by atoms with van der Waals surface area (Å²) in [6.07, 6.45) is 0. The Morgan fingerprint density at radius 3 is 2.25 bits per heavy atom. The predicted molar refractivity (Wildman–Crippen MR) is 48.9 cm³/mol. The van der Waals surface area contributed by atoms with Gasteiger partial charge >= 0.3 is 0 Å². The van der Waals surface area contributed by atoms with Crippen molar-refractivity contribution in [1.82, 2.24) is 4.90 Å². The number of likely N-dealkylation sites (N-methyl/N-ethyl adjacent to an activating group) is 1. The molecule has 0 aromatic rings. The Hall–Kier alpha value is -0.570. The maximum atomic E-state index is 11.4. The lowest BCUT2D eigenvalue weighted by Crippen LogP contribution is -2.40. The number of nitrogens with zero attached hydrogens (tertiary/aromatic N) is 1. The normalized spacial score (nSPS) is 13.2. The zero-order chi connectivity index (χ0) is 9.72. The average molecular weight is 173 g/mol. The van der Waals surface area contributed by atoms with Gasteiger partial charge in [0.1, 0.15) is 0 Å². The van der Waals surface area contributed by atoms with Gasteiger partial charge in [-0.1, -0.05) is 13.8 Å². The minimum atomic E-state index is 0.0642. The Kier molecular flexibility index (Phi) is 4.90. The van der Waals surface area contributed by atoms with E-state index in [0.29, 0.717) is 6.61 Å². The number of ether oxygens (including phenoxy) is 1. The summed E-state index contributed by atoms with van der Waals surface area (Å²) in [5.41, 5.74) is 0. The van der Waals surface area contributed by atoms with Crippen LogP contribution in [0.3, 0.4) is 0 Å². The number of carbonyl (C=O) groups is 1. The van der Waals surface area contributed by atoms with Gasteiger partial charge in [0.25, 0.3) is 0 Å². The van der Waals surface area contributed by atoms with Gasteiger partial charge < -0.3 is 9.64 Å². The Bertz CT molecular complexity index is 145. The van der Waals surface area contributed by atoms with Crippen molar-refractivity contribution in [2.45, 2.75) is 26.8 Å². The Labute approximate surface area is 74.7 Å². The molecule has 0 rings (SSSR count). The van der Waals surface area contributed by atoms with Crippen molar-refractivity contribution in [3.05, 3.63) is 0 Å². The molecule has 0 saturated carbocycles. The lowest BCUT2D eigenvalue weighted by atomic mass is 10.1. The molecule has 72 valence electrons. The smallest absolute Gasteiger partial charge is 0.225 e. The second kappa shape index (κ2) is 5.14. The molecule has 0 fully saturated rings. The highest BCUT2D eigenvalue weighted by Crippen LogP contribution is 2.03. The highest BCUT2D eigenvalue weighted by atomic mass is 16.5. The molecule has 0 aliphatic rings. The summed E-state index contributed by atoms with van der Waals surface area (Å²) in [4.78, 5) is 13.2. The molecule has 3 nitrogen and oxygen atoms in total. The van der Waals surface area contributed by atoms with Gasteiger partial charge in [0.2, 0.25) is 5.91 Å². The molecule has 0 aromatic carbocycles. The van der Waals surface area contributed by atoms with Crippen LogP contribution in [0.1, 0.15) is 20.8 Å². The highest BCUT2D eigenvalue weighted by molar-refractivity contribution is 5.78. The number of hydrogen-bond acceptors (Lipinski definition) is 2.